The SMILES string of the molecule is COc1ccc(Nc2nc(NCc3ccco3)nc(NN=Cc3ccccc3F)n2)cc1. The Balaban J connectivity index is 1.53. The maximum atomic E-state index is 13.8. The summed E-state index contributed by atoms with van der Waals surface area (Å²) < 4.78 is 24.3. The molecular weight excluding hydrogens is 413 g/mol. The number of aromatic nitrogens is 3. The van der Waals surface area contributed by atoms with Crippen molar-refractivity contribution in [3.8, 4) is 5.75 Å². The standard InChI is InChI=1S/C22H20FN7O2/c1-31-17-10-8-16(9-11-17)26-21-27-20(24-14-18-6-4-12-32-18)28-22(29-21)30-25-13-15-5-2-3-7-19(15)23/h2-13H,14H2,1H3,(H3,24,26,27,28,29,30). The number of hydrogen-bond donors (Lipinski definition) is 3. The Morgan fingerprint density at radius 1 is 0.969 bits per heavy atom. The Labute approximate surface area is 183 Å². The highest BCUT2D eigenvalue weighted by Crippen LogP contribution is 2.19. The minimum Gasteiger partial charge on any atom is -0.497 e. The largest absolute Gasteiger partial charge is 0.497 e. The number of nitrogens with one attached hydrogen (secondary N) is 3. The average molecular weight is 433 g/mol. The Bertz CT molecular complexity index is 1180. The summed E-state index contributed by atoms with van der Waals surface area (Å²) in [4.78, 5) is 13.0. The van der Waals surface area contributed by atoms with Crippen LogP contribution >= 0.6 is 0 Å². The lowest BCUT2D eigenvalue weighted by atomic mass is 10.2. The molecule has 0 amide bonds. The topological polar surface area (TPSA) is 109 Å². The monoisotopic (exact) mass is 433 g/mol. The van der Waals surface area contributed by atoms with Crippen molar-refractivity contribution in [3.63, 3.8) is 0 Å². The van der Waals surface area contributed by atoms with E-state index in [4.69, 9.17) is 9.15 Å². The first-order chi connectivity index (χ1) is 15.7. The quantitative estimate of drug-likeness (QED) is 0.263. The number of hydrazone groups is 1. The van der Waals surface area contributed by atoms with Gasteiger partial charge in [0.05, 0.1) is 26.1 Å². The van der Waals surface area contributed by atoms with Gasteiger partial charge in [-0.3, -0.25) is 0 Å². The average Bonchev–Trinajstić information content (AvgIpc) is 3.33. The van der Waals surface area contributed by atoms with Crippen LogP contribution in [0, 0.1) is 5.82 Å². The van der Waals surface area contributed by atoms with E-state index in [1.807, 2.05) is 30.3 Å². The molecule has 9 nitrogen and oxygen atoms in total. The van der Waals surface area contributed by atoms with Gasteiger partial charge in [0.15, 0.2) is 0 Å². The van der Waals surface area contributed by atoms with Crippen molar-refractivity contribution in [1.29, 1.82) is 0 Å². The van der Waals surface area contributed by atoms with E-state index in [9.17, 15) is 4.39 Å². The van der Waals surface area contributed by atoms with Crippen molar-refractivity contribution in [2.75, 3.05) is 23.2 Å². The smallest absolute Gasteiger partial charge is 0.250 e. The van der Waals surface area contributed by atoms with E-state index in [1.165, 1.54) is 12.3 Å². The van der Waals surface area contributed by atoms with Gasteiger partial charge in [0.2, 0.25) is 17.8 Å². The lowest BCUT2D eigenvalue weighted by Crippen LogP contribution is -2.09. The number of hydrogen-bond acceptors (Lipinski definition) is 9. The predicted molar refractivity (Wildman–Crippen MR) is 120 cm³/mol. The molecule has 0 radical (unpaired) electrons. The van der Waals surface area contributed by atoms with Crippen molar-refractivity contribution in [3.05, 3.63) is 84.1 Å². The van der Waals surface area contributed by atoms with Crippen molar-refractivity contribution in [2.24, 2.45) is 5.10 Å². The van der Waals surface area contributed by atoms with Crippen LogP contribution in [0.4, 0.5) is 27.9 Å². The van der Waals surface area contributed by atoms with E-state index in [1.54, 1.807) is 37.6 Å². The molecule has 4 aromatic rings. The molecule has 0 saturated carbocycles. The fourth-order valence-corrected chi connectivity index (χ4v) is 2.68. The minimum atomic E-state index is -0.378. The number of ether oxygens (including phenoxy) is 1. The number of anilines is 4. The van der Waals surface area contributed by atoms with Gasteiger partial charge in [0.25, 0.3) is 0 Å². The fraction of sp³-hybridized carbons (Fsp3) is 0.0909. The highest BCUT2D eigenvalue weighted by atomic mass is 19.1. The molecule has 0 unspecified atom stereocenters. The Morgan fingerprint density at radius 3 is 2.50 bits per heavy atom. The fourth-order valence-electron chi connectivity index (χ4n) is 2.68. The summed E-state index contributed by atoms with van der Waals surface area (Å²) in [5, 5.41) is 10.2. The molecule has 4 rings (SSSR count). The highest BCUT2D eigenvalue weighted by Gasteiger charge is 2.08. The van der Waals surface area contributed by atoms with Crippen LogP contribution in [0.15, 0.2) is 76.4 Å². The molecular formula is C22H20FN7O2. The second kappa shape index (κ2) is 10.0. The van der Waals surface area contributed by atoms with E-state index < -0.39 is 0 Å². The van der Waals surface area contributed by atoms with Gasteiger partial charge in [-0.05, 0) is 42.5 Å². The van der Waals surface area contributed by atoms with Gasteiger partial charge < -0.3 is 19.8 Å². The van der Waals surface area contributed by atoms with Crippen LogP contribution in [-0.2, 0) is 6.54 Å². The molecule has 0 fully saturated rings. The summed E-state index contributed by atoms with van der Waals surface area (Å²) in [6.45, 7) is 0.386. The van der Waals surface area contributed by atoms with Crippen LogP contribution in [-0.4, -0.2) is 28.3 Å². The third-order valence-corrected chi connectivity index (χ3v) is 4.26. The molecule has 0 aliphatic carbocycles. The van der Waals surface area contributed by atoms with Gasteiger partial charge in [-0.1, -0.05) is 18.2 Å². The van der Waals surface area contributed by atoms with Gasteiger partial charge in [-0.2, -0.15) is 20.1 Å². The van der Waals surface area contributed by atoms with Crippen LogP contribution < -0.4 is 20.8 Å². The number of furan rings is 1. The summed E-state index contributed by atoms with van der Waals surface area (Å²) in [5.74, 6) is 1.84. The van der Waals surface area contributed by atoms with Gasteiger partial charge in [0, 0.05) is 11.3 Å². The Morgan fingerprint density at radius 2 is 1.75 bits per heavy atom. The summed E-state index contributed by atoms with van der Waals surface area (Å²) in [6, 6.07) is 17.2. The first-order valence-electron chi connectivity index (χ1n) is 9.66. The Hall–Kier alpha value is -4.47. The molecule has 0 aliphatic rings. The third-order valence-electron chi connectivity index (χ3n) is 4.26. The van der Waals surface area contributed by atoms with Crippen molar-refractivity contribution in [2.45, 2.75) is 6.54 Å². The van der Waals surface area contributed by atoms with Crippen LogP contribution in [0.5, 0.6) is 5.75 Å². The maximum absolute atomic E-state index is 13.8. The lowest BCUT2D eigenvalue weighted by Gasteiger charge is -2.10. The summed E-state index contributed by atoms with van der Waals surface area (Å²) in [7, 11) is 1.60. The van der Waals surface area contributed by atoms with Crippen molar-refractivity contribution in [1.82, 2.24) is 15.0 Å². The summed E-state index contributed by atoms with van der Waals surface area (Å²) in [5.41, 5.74) is 3.81. The van der Waals surface area contributed by atoms with E-state index in [0.29, 0.717) is 18.1 Å². The maximum Gasteiger partial charge on any atom is 0.250 e. The summed E-state index contributed by atoms with van der Waals surface area (Å²) >= 11 is 0. The first-order valence-corrected chi connectivity index (χ1v) is 9.66. The Kier molecular flexibility index (Phi) is 6.51. The first kappa shape index (κ1) is 20.8. The van der Waals surface area contributed by atoms with Crippen molar-refractivity contribution < 1.29 is 13.5 Å². The molecule has 162 valence electrons. The highest BCUT2D eigenvalue weighted by molar-refractivity contribution is 5.80. The zero-order valence-electron chi connectivity index (χ0n) is 17.1. The number of methoxy groups -OCH3 is 1. The van der Waals surface area contributed by atoms with Crippen LogP contribution in [0.25, 0.3) is 0 Å². The van der Waals surface area contributed by atoms with Gasteiger partial charge in [-0.25, -0.2) is 9.82 Å². The molecule has 2 heterocycles. The van der Waals surface area contributed by atoms with Crippen LogP contribution in [0.1, 0.15) is 11.3 Å². The van der Waals surface area contributed by atoms with Crippen molar-refractivity contribution >= 4 is 29.7 Å². The van der Waals surface area contributed by atoms with E-state index in [2.05, 4.69) is 36.1 Å². The zero-order chi connectivity index (χ0) is 22.2. The normalized spacial score (nSPS) is 10.8. The minimum absolute atomic E-state index is 0.172. The molecule has 0 atom stereocenters. The molecule has 10 heteroatoms. The number of nitrogens with zero attached hydrogens (tertiary/aromatic N) is 4. The summed E-state index contributed by atoms with van der Waals surface area (Å²) in [6.07, 6.45) is 2.94. The molecule has 2 aromatic heterocycles. The molecule has 0 saturated heterocycles. The van der Waals surface area contributed by atoms with Gasteiger partial charge in [0.1, 0.15) is 17.3 Å². The van der Waals surface area contributed by atoms with E-state index in [-0.39, 0.29) is 17.7 Å². The number of benzene rings is 2. The van der Waals surface area contributed by atoms with E-state index >= 15 is 0 Å². The third kappa shape index (κ3) is 5.57. The molecule has 2 aromatic carbocycles. The predicted octanol–water partition coefficient (Wildman–Crippen LogP) is 4.41. The molecule has 0 aliphatic heterocycles. The van der Waals surface area contributed by atoms with Gasteiger partial charge in [-0.15, -0.1) is 0 Å². The molecule has 0 bridgehead atoms. The number of halogens is 1. The molecule has 32 heavy (non-hydrogen) atoms. The van der Waals surface area contributed by atoms with Crippen LogP contribution in [0.3, 0.4) is 0 Å². The zero-order valence-corrected chi connectivity index (χ0v) is 17.1. The lowest BCUT2D eigenvalue weighted by molar-refractivity contribution is 0.415. The number of rotatable bonds is 9. The second-order valence-electron chi connectivity index (χ2n) is 6.48. The second-order valence-corrected chi connectivity index (χ2v) is 6.48. The molecule has 3 N–H and O–H groups in total. The van der Waals surface area contributed by atoms with E-state index in [0.717, 1.165) is 17.2 Å². The molecule has 0 spiro atoms. The van der Waals surface area contributed by atoms with Gasteiger partial charge >= 0.3 is 0 Å². The van der Waals surface area contributed by atoms with Crippen LogP contribution in [0.2, 0.25) is 0 Å².